The van der Waals surface area contributed by atoms with Crippen LogP contribution in [0, 0.1) is 5.41 Å². The van der Waals surface area contributed by atoms with E-state index in [4.69, 9.17) is 0 Å². The van der Waals surface area contributed by atoms with Crippen molar-refractivity contribution < 1.29 is 5.11 Å². The second-order valence-electron chi connectivity index (χ2n) is 5.86. The van der Waals surface area contributed by atoms with Gasteiger partial charge in [0.25, 0.3) is 0 Å². The second-order valence-corrected chi connectivity index (χ2v) is 5.86. The van der Waals surface area contributed by atoms with Crippen LogP contribution >= 0.6 is 0 Å². The minimum atomic E-state index is 0.273. The van der Waals surface area contributed by atoms with Crippen LogP contribution in [0.15, 0.2) is 41.5 Å². The number of benzene rings is 1. The number of phenolic OH excluding ortho intramolecular Hbond substituents is 1. The van der Waals surface area contributed by atoms with Gasteiger partial charge in [0.15, 0.2) is 0 Å². The Morgan fingerprint density at radius 2 is 2.00 bits per heavy atom. The molecule has 1 N–H and O–H groups in total. The van der Waals surface area contributed by atoms with E-state index in [0.717, 1.165) is 5.56 Å². The van der Waals surface area contributed by atoms with Crippen molar-refractivity contribution in [1.29, 1.82) is 0 Å². The number of phenols is 1. The van der Waals surface area contributed by atoms with Gasteiger partial charge in [-0.3, -0.25) is 0 Å². The van der Waals surface area contributed by atoms with Crippen LogP contribution in [0.2, 0.25) is 0 Å². The van der Waals surface area contributed by atoms with Crippen molar-refractivity contribution in [3.63, 3.8) is 0 Å². The van der Waals surface area contributed by atoms with Gasteiger partial charge in [0.1, 0.15) is 5.75 Å². The maximum atomic E-state index is 9.46. The van der Waals surface area contributed by atoms with Gasteiger partial charge in [-0.2, -0.15) is 0 Å². The summed E-state index contributed by atoms with van der Waals surface area (Å²) >= 11 is 0. The lowest BCUT2D eigenvalue weighted by Gasteiger charge is -2.32. The zero-order valence-electron chi connectivity index (χ0n) is 11.5. The highest BCUT2D eigenvalue weighted by Gasteiger charge is 2.26. The minimum absolute atomic E-state index is 0.273. The SMILES string of the molecule is CC1=C(/C=C/c2cccc(O)c2)C(C)(C)CCC1. The molecule has 18 heavy (non-hydrogen) atoms. The first-order valence-corrected chi connectivity index (χ1v) is 6.66. The van der Waals surface area contributed by atoms with Gasteiger partial charge in [0.05, 0.1) is 0 Å². The normalized spacial score (nSPS) is 19.5. The maximum absolute atomic E-state index is 9.46. The third-order valence-electron chi connectivity index (χ3n) is 3.86. The van der Waals surface area contributed by atoms with E-state index in [1.807, 2.05) is 12.1 Å². The summed E-state index contributed by atoms with van der Waals surface area (Å²) in [5.41, 5.74) is 4.28. The van der Waals surface area contributed by atoms with Gasteiger partial charge in [-0.05, 0) is 54.9 Å². The molecule has 0 fully saturated rings. The molecule has 0 saturated carbocycles. The van der Waals surface area contributed by atoms with E-state index in [-0.39, 0.29) is 5.41 Å². The van der Waals surface area contributed by atoms with Crippen molar-refractivity contribution in [3.8, 4) is 5.75 Å². The first-order valence-electron chi connectivity index (χ1n) is 6.66. The molecular formula is C17H22O. The summed E-state index contributed by atoms with van der Waals surface area (Å²) in [5.74, 6) is 0.325. The predicted octanol–water partition coefficient (Wildman–Crippen LogP) is 4.93. The number of hydrogen-bond donors (Lipinski definition) is 1. The molecular weight excluding hydrogens is 220 g/mol. The molecule has 0 atom stereocenters. The fourth-order valence-electron chi connectivity index (χ4n) is 2.82. The lowest BCUT2D eigenvalue weighted by Crippen LogP contribution is -2.18. The molecule has 0 saturated heterocycles. The lowest BCUT2D eigenvalue weighted by atomic mass is 9.72. The van der Waals surface area contributed by atoms with Crippen LogP contribution in [0.5, 0.6) is 5.75 Å². The van der Waals surface area contributed by atoms with Gasteiger partial charge < -0.3 is 5.11 Å². The molecule has 1 heteroatoms. The van der Waals surface area contributed by atoms with Crippen LogP contribution in [0.4, 0.5) is 0 Å². The molecule has 1 aromatic rings. The lowest BCUT2D eigenvalue weighted by molar-refractivity contribution is 0.377. The summed E-state index contributed by atoms with van der Waals surface area (Å²) in [7, 11) is 0. The number of hydrogen-bond acceptors (Lipinski definition) is 1. The van der Waals surface area contributed by atoms with Crippen molar-refractivity contribution in [3.05, 3.63) is 47.1 Å². The summed E-state index contributed by atoms with van der Waals surface area (Å²) < 4.78 is 0. The van der Waals surface area contributed by atoms with E-state index in [0.29, 0.717) is 5.75 Å². The van der Waals surface area contributed by atoms with E-state index in [9.17, 15) is 5.11 Å². The largest absolute Gasteiger partial charge is 0.508 e. The van der Waals surface area contributed by atoms with Gasteiger partial charge in [-0.1, -0.05) is 43.7 Å². The average molecular weight is 242 g/mol. The van der Waals surface area contributed by atoms with Crippen LogP contribution in [0.25, 0.3) is 6.08 Å². The molecule has 0 bridgehead atoms. The maximum Gasteiger partial charge on any atom is 0.116 e. The zero-order valence-corrected chi connectivity index (χ0v) is 11.5. The molecule has 2 rings (SSSR count). The summed E-state index contributed by atoms with van der Waals surface area (Å²) in [5, 5.41) is 9.46. The molecule has 0 radical (unpaired) electrons. The Morgan fingerprint density at radius 3 is 2.67 bits per heavy atom. The van der Waals surface area contributed by atoms with E-state index >= 15 is 0 Å². The summed E-state index contributed by atoms with van der Waals surface area (Å²) in [4.78, 5) is 0. The summed E-state index contributed by atoms with van der Waals surface area (Å²) in [6, 6.07) is 7.39. The first-order chi connectivity index (χ1) is 8.49. The zero-order chi connectivity index (χ0) is 13.2. The van der Waals surface area contributed by atoms with Gasteiger partial charge in [-0.15, -0.1) is 0 Å². The van der Waals surface area contributed by atoms with Gasteiger partial charge in [-0.25, -0.2) is 0 Å². The molecule has 0 aromatic heterocycles. The van der Waals surface area contributed by atoms with E-state index in [1.165, 1.54) is 30.4 Å². The highest BCUT2D eigenvalue weighted by Crippen LogP contribution is 2.40. The van der Waals surface area contributed by atoms with Crippen LogP contribution < -0.4 is 0 Å². The Labute approximate surface area is 110 Å². The molecule has 0 heterocycles. The quantitative estimate of drug-likeness (QED) is 0.779. The molecule has 0 unspecified atom stereocenters. The summed E-state index contributed by atoms with van der Waals surface area (Å²) in [6.45, 7) is 6.87. The highest BCUT2D eigenvalue weighted by atomic mass is 16.3. The summed E-state index contributed by atoms with van der Waals surface area (Å²) in [6.07, 6.45) is 8.09. The molecule has 1 aliphatic rings. The van der Waals surface area contributed by atoms with Gasteiger partial charge in [0.2, 0.25) is 0 Å². The minimum Gasteiger partial charge on any atom is -0.508 e. The van der Waals surface area contributed by atoms with Gasteiger partial charge >= 0.3 is 0 Å². The topological polar surface area (TPSA) is 20.2 Å². The van der Waals surface area contributed by atoms with E-state index in [1.54, 1.807) is 12.1 Å². The molecule has 1 nitrogen and oxygen atoms in total. The Balaban J connectivity index is 2.27. The van der Waals surface area contributed by atoms with Crippen molar-refractivity contribution >= 4 is 6.08 Å². The molecule has 96 valence electrons. The van der Waals surface area contributed by atoms with Crippen molar-refractivity contribution in [2.24, 2.45) is 5.41 Å². The highest BCUT2D eigenvalue weighted by molar-refractivity contribution is 5.56. The van der Waals surface area contributed by atoms with Crippen LogP contribution in [0.1, 0.15) is 45.6 Å². The fraction of sp³-hybridized carbons (Fsp3) is 0.412. The predicted molar refractivity (Wildman–Crippen MR) is 77.5 cm³/mol. The molecule has 0 amide bonds. The smallest absolute Gasteiger partial charge is 0.116 e. The Bertz CT molecular complexity index is 492. The number of rotatable bonds is 2. The monoisotopic (exact) mass is 242 g/mol. The third kappa shape index (κ3) is 2.84. The van der Waals surface area contributed by atoms with E-state index < -0.39 is 0 Å². The van der Waals surface area contributed by atoms with Gasteiger partial charge in [0, 0.05) is 0 Å². The Morgan fingerprint density at radius 1 is 1.22 bits per heavy atom. The number of aromatic hydroxyl groups is 1. The molecule has 1 aliphatic carbocycles. The first kappa shape index (κ1) is 12.9. The molecule has 1 aromatic carbocycles. The van der Waals surface area contributed by atoms with Crippen LogP contribution in [-0.4, -0.2) is 5.11 Å². The molecule has 0 spiro atoms. The van der Waals surface area contributed by atoms with Crippen LogP contribution in [-0.2, 0) is 0 Å². The van der Waals surface area contributed by atoms with Crippen molar-refractivity contribution in [2.75, 3.05) is 0 Å². The van der Waals surface area contributed by atoms with Crippen LogP contribution in [0.3, 0.4) is 0 Å². The second kappa shape index (κ2) is 5.01. The fourth-order valence-corrected chi connectivity index (χ4v) is 2.82. The Hall–Kier alpha value is -1.50. The van der Waals surface area contributed by atoms with E-state index in [2.05, 4.69) is 32.9 Å². The average Bonchev–Trinajstić information content (AvgIpc) is 2.27. The number of allylic oxidation sites excluding steroid dienone is 3. The Kier molecular flexibility index (Phi) is 3.60. The van der Waals surface area contributed by atoms with Crippen molar-refractivity contribution in [2.45, 2.75) is 40.0 Å². The standard InChI is InChI=1S/C17H22O/c1-13-6-5-11-17(2,3)16(13)10-9-14-7-4-8-15(18)12-14/h4,7-10,12,18H,5-6,11H2,1-3H3/b10-9+. The third-order valence-corrected chi connectivity index (χ3v) is 3.86. The molecule has 0 aliphatic heterocycles. The van der Waals surface area contributed by atoms with Crippen molar-refractivity contribution in [1.82, 2.24) is 0 Å².